The summed E-state index contributed by atoms with van der Waals surface area (Å²) in [6.07, 6.45) is 4.05. The predicted octanol–water partition coefficient (Wildman–Crippen LogP) is 3.13. The molecule has 1 aliphatic heterocycles. The summed E-state index contributed by atoms with van der Waals surface area (Å²) in [5.41, 5.74) is 2.47. The van der Waals surface area contributed by atoms with Crippen molar-refractivity contribution < 1.29 is 9.47 Å². The molecule has 0 radical (unpaired) electrons. The molecule has 1 atom stereocenters. The highest BCUT2D eigenvalue weighted by Gasteiger charge is 2.24. The number of aromatic nitrogens is 1. The number of rotatable bonds is 6. The van der Waals surface area contributed by atoms with E-state index in [0.717, 1.165) is 37.6 Å². The molecule has 0 N–H and O–H groups in total. The smallest absolute Gasteiger partial charge is 0.122 e. The van der Waals surface area contributed by atoms with Crippen LogP contribution in [0.3, 0.4) is 0 Å². The minimum Gasteiger partial charge on any atom is -0.497 e. The number of likely N-dealkylation sites (tertiary alicyclic amines) is 1. The zero-order chi connectivity index (χ0) is 16.1. The van der Waals surface area contributed by atoms with E-state index in [-0.39, 0.29) is 0 Å². The van der Waals surface area contributed by atoms with E-state index in [1.165, 1.54) is 17.7 Å². The average Bonchev–Trinajstić information content (AvgIpc) is 3.09. The molecule has 0 spiro atoms. The molecule has 0 saturated carbocycles. The summed E-state index contributed by atoms with van der Waals surface area (Å²) in [5, 5.41) is 0. The second-order valence-electron chi connectivity index (χ2n) is 6.00. The molecule has 4 nitrogen and oxygen atoms in total. The first kappa shape index (κ1) is 15.8. The molecule has 23 heavy (non-hydrogen) atoms. The fourth-order valence-electron chi connectivity index (χ4n) is 3.19. The molecule has 1 aromatic carbocycles. The first-order valence-corrected chi connectivity index (χ1v) is 8.13. The van der Waals surface area contributed by atoms with Crippen LogP contribution >= 0.6 is 0 Å². The molecule has 1 aromatic heterocycles. The van der Waals surface area contributed by atoms with Crippen molar-refractivity contribution >= 4 is 0 Å². The van der Waals surface area contributed by atoms with E-state index in [0.29, 0.717) is 5.92 Å². The van der Waals surface area contributed by atoms with Gasteiger partial charge in [-0.3, -0.25) is 4.98 Å². The number of benzene rings is 1. The van der Waals surface area contributed by atoms with Gasteiger partial charge in [0.2, 0.25) is 0 Å². The maximum atomic E-state index is 5.39. The van der Waals surface area contributed by atoms with Crippen LogP contribution in [-0.2, 0) is 6.42 Å². The second kappa shape index (κ2) is 7.47. The van der Waals surface area contributed by atoms with Crippen LogP contribution in [0.5, 0.6) is 11.5 Å². The number of methoxy groups -OCH3 is 2. The summed E-state index contributed by atoms with van der Waals surface area (Å²) >= 11 is 0. The Labute approximate surface area is 138 Å². The zero-order valence-corrected chi connectivity index (χ0v) is 13.9. The maximum Gasteiger partial charge on any atom is 0.122 e. The van der Waals surface area contributed by atoms with Crippen molar-refractivity contribution in [2.75, 3.05) is 33.9 Å². The van der Waals surface area contributed by atoms with Crippen molar-refractivity contribution in [3.63, 3.8) is 0 Å². The highest BCUT2D eigenvalue weighted by atomic mass is 16.5. The second-order valence-corrected chi connectivity index (χ2v) is 6.00. The maximum absolute atomic E-state index is 5.39. The standard InChI is InChI=1S/C19H24N2O2/c1-22-18-11-16(12-19(13-18)23-2)15-6-9-21(14-15)10-7-17-5-3-4-8-20-17/h3-5,8,11-13,15H,6-7,9-10,14H2,1-2H3/t15-/m0/s1. The van der Waals surface area contributed by atoms with Gasteiger partial charge in [0.15, 0.2) is 0 Å². The van der Waals surface area contributed by atoms with Crippen LogP contribution in [0.25, 0.3) is 0 Å². The molecular weight excluding hydrogens is 288 g/mol. The monoisotopic (exact) mass is 312 g/mol. The van der Waals surface area contributed by atoms with Gasteiger partial charge in [-0.15, -0.1) is 0 Å². The molecule has 0 unspecified atom stereocenters. The third-order valence-electron chi connectivity index (χ3n) is 4.53. The Morgan fingerprint density at radius 3 is 2.57 bits per heavy atom. The lowest BCUT2D eigenvalue weighted by Crippen LogP contribution is -2.23. The van der Waals surface area contributed by atoms with Gasteiger partial charge in [-0.2, -0.15) is 0 Å². The molecule has 1 aliphatic rings. The van der Waals surface area contributed by atoms with Gasteiger partial charge in [0.1, 0.15) is 11.5 Å². The zero-order valence-electron chi connectivity index (χ0n) is 13.9. The molecule has 0 amide bonds. The van der Waals surface area contributed by atoms with Gasteiger partial charge in [0.25, 0.3) is 0 Å². The molecule has 1 fully saturated rings. The fraction of sp³-hybridized carbons (Fsp3) is 0.421. The van der Waals surface area contributed by atoms with Gasteiger partial charge < -0.3 is 14.4 Å². The number of hydrogen-bond acceptors (Lipinski definition) is 4. The lowest BCUT2D eigenvalue weighted by molar-refractivity contribution is 0.337. The number of ether oxygens (including phenoxy) is 2. The lowest BCUT2D eigenvalue weighted by atomic mass is 9.98. The predicted molar refractivity (Wildman–Crippen MR) is 91.3 cm³/mol. The van der Waals surface area contributed by atoms with Gasteiger partial charge in [-0.05, 0) is 48.7 Å². The largest absolute Gasteiger partial charge is 0.497 e. The van der Waals surface area contributed by atoms with Crippen molar-refractivity contribution in [3.8, 4) is 11.5 Å². The van der Waals surface area contributed by atoms with Crippen LogP contribution in [0, 0.1) is 0 Å². The molecule has 0 bridgehead atoms. The average molecular weight is 312 g/mol. The number of pyridine rings is 1. The van der Waals surface area contributed by atoms with Crippen molar-refractivity contribution in [2.45, 2.75) is 18.8 Å². The third-order valence-corrected chi connectivity index (χ3v) is 4.53. The molecule has 2 aromatic rings. The van der Waals surface area contributed by atoms with Gasteiger partial charge in [0, 0.05) is 37.5 Å². The Hall–Kier alpha value is -2.07. The van der Waals surface area contributed by atoms with E-state index >= 15 is 0 Å². The molecule has 3 rings (SSSR count). The van der Waals surface area contributed by atoms with Crippen molar-refractivity contribution in [1.82, 2.24) is 9.88 Å². The van der Waals surface area contributed by atoms with Gasteiger partial charge in [-0.25, -0.2) is 0 Å². The lowest BCUT2D eigenvalue weighted by Gasteiger charge is -2.17. The highest BCUT2D eigenvalue weighted by Crippen LogP contribution is 2.32. The van der Waals surface area contributed by atoms with Crippen molar-refractivity contribution in [1.29, 1.82) is 0 Å². The summed E-state index contributed by atoms with van der Waals surface area (Å²) in [5.74, 6) is 2.28. The SMILES string of the molecule is COc1cc(OC)cc([C@H]2CCN(CCc3ccccn3)C2)c1. The van der Waals surface area contributed by atoms with Crippen molar-refractivity contribution in [3.05, 3.63) is 53.9 Å². The molecule has 122 valence electrons. The van der Waals surface area contributed by atoms with Gasteiger partial charge in [-0.1, -0.05) is 6.07 Å². The van der Waals surface area contributed by atoms with E-state index in [9.17, 15) is 0 Å². The van der Waals surface area contributed by atoms with Crippen LogP contribution in [0.1, 0.15) is 23.6 Å². The van der Waals surface area contributed by atoms with Crippen LogP contribution < -0.4 is 9.47 Å². The molecule has 1 saturated heterocycles. The first-order chi connectivity index (χ1) is 11.3. The Bertz CT molecular complexity index is 608. The van der Waals surface area contributed by atoms with E-state index in [1.807, 2.05) is 18.3 Å². The summed E-state index contributed by atoms with van der Waals surface area (Å²) in [6, 6.07) is 12.3. The first-order valence-electron chi connectivity index (χ1n) is 8.13. The Balaban J connectivity index is 1.61. The topological polar surface area (TPSA) is 34.6 Å². The van der Waals surface area contributed by atoms with E-state index in [2.05, 4.69) is 34.1 Å². The molecule has 2 heterocycles. The Kier molecular flexibility index (Phi) is 5.13. The Morgan fingerprint density at radius 1 is 1.13 bits per heavy atom. The quantitative estimate of drug-likeness (QED) is 0.821. The minimum absolute atomic E-state index is 0.544. The van der Waals surface area contributed by atoms with E-state index in [1.54, 1.807) is 14.2 Å². The molecular formula is C19H24N2O2. The van der Waals surface area contributed by atoms with Crippen LogP contribution in [0.4, 0.5) is 0 Å². The van der Waals surface area contributed by atoms with Gasteiger partial charge >= 0.3 is 0 Å². The normalized spacial score (nSPS) is 18.1. The number of hydrogen-bond donors (Lipinski definition) is 0. The fourth-order valence-corrected chi connectivity index (χ4v) is 3.19. The van der Waals surface area contributed by atoms with E-state index in [4.69, 9.17) is 9.47 Å². The minimum atomic E-state index is 0.544. The van der Waals surface area contributed by atoms with Crippen molar-refractivity contribution in [2.24, 2.45) is 0 Å². The van der Waals surface area contributed by atoms with Gasteiger partial charge in [0.05, 0.1) is 14.2 Å². The molecule has 0 aliphatic carbocycles. The van der Waals surface area contributed by atoms with Crippen LogP contribution in [0.2, 0.25) is 0 Å². The van der Waals surface area contributed by atoms with E-state index < -0.39 is 0 Å². The Morgan fingerprint density at radius 2 is 1.91 bits per heavy atom. The van der Waals surface area contributed by atoms with Crippen LogP contribution in [-0.4, -0.2) is 43.7 Å². The summed E-state index contributed by atoms with van der Waals surface area (Å²) in [7, 11) is 3.40. The summed E-state index contributed by atoms with van der Waals surface area (Å²) < 4.78 is 10.8. The molecule has 4 heteroatoms. The third kappa shape index (κ3) is 4.02. The van der Waals surface area contributed by atoms with Crippen LogP contribution in [0.15, 0.2) is 42.6 Å². The summed E-state index contributed by atoms with van der Waals surface area (Å²) in [4.78, 5) is 6.92. The highest BCUT2D eigenvalue weighted by molar-refractivity contribution is 5.40. The summed E-state index contributed by atoms with van der Waals surface area (Å²) in [6.45, 7) is 3.29. The number of nitrogens with zero attached hydrogens (tertiary/aromatic N) is 2.